The topological polar surface area (TPSA) is 72.9 Å². The van der Waals surface area contributed by atoms with Crippen LogP contribution in [0.1, 0.15) is 37.8 Å². The Kier molecular flexibility index (Phi) is 6.32. The molecule has 0 bridgehead atoms. The van der Waals surface area contributed by atoms with Crippen molar-refractivity contribution in [3.8, 4) is 0 Å². The lowest BCUT2D eigenvalue weighted by Crippen LogP contribution is -2.22. The Morgan fingerprint density at radius 3 is 2.82 bits per heavy atom. The number of rotatable bonds is 8. The predicted molar refractivity (Wildman–Crippen MR) is 67.2 cm³/mol. The molecule has 3 N–H and O–H groups in total. The number of hydrogen-bond acceptors (Lipinski definition) is 3. The number of carbonyl (C=O) groups is 1. The van der Waals surface area contributed by atoms with Gasteiger partial charge in [0, 0.05) is 19.7 Å². The molecular weight excluding hydrogens is 216 g/mol. The van der Waals surface area contributed by atoms with Crippen LogP contribution in [0.25, 0.3) is 0 Å². The Hall–Kier alpha value is -1.36. The number of aromatic nitrogens is 2. The maximum absolute atomic E-state index is 11.5. The summed E-state index contributed by atoms with van der Waals surface area (Å²) in [6.45, 7) is 1.26. The quantitative estimate of drug-likeness (QED) is 0.662. The van der Waals surface area contributed by atoms with Crippen LogP contribution in [0, 0.1) is 0 Å². The van der Waals surface area contributed by atoms with Crippen molar-refractivity contribution in [2.75, 3.05) is 6.54 Å². The zero-order chi connectivity index (χ0) is 12.5. The maximum atomic E-state index is 11.5. The predicted octanol–water partition coefficient (Wildman–Crippen LogP) is 0.945. The van der Waals surface area contributed by atoms with Crippen molar-refractivity contribution >= 4 is 5.91 Å². The SMILES string of the molecule is Cn1ccc(CNC(=O)CCCCCCN)n1. The second kappa shape index (κ2) is 7.84. The molecule has 0 aliphatic rings. The normalized spacial score (nSPS) is 10.5. The summed E-state index contributed by atoms with van der Waals surface area (Å²) in [6, 6.07) is 1.90. The fraction of sp³-hybridized carbons (Fsp3) is 0.667. The van der Waals surface area contributed by atoms with Crippen LogP contribution >= 0.6 is 0 Å². The van der Waals surface area contributed by atoms with Crippen LogP contribution in [0.5, 0.6) is 0 Å². The van der Waals surface area contributed by atoms with E-state index in [4.69, 9.17) is 5.73 Å². The van der Waals surface area contributed by atoms with Crippen molar-refractivity contribution < 1.29 is 4.79 Å². The van der Waals surface area contributed by atoms with Gasteiger partial charge in [-0.25, -0.2) is 0 Å². The van der Waals surface area contributed by atoms with E-state index in [1.165, 1.54) is 0 Å². The number of aryl methyl sites for hydroxylation is 1. The van der Waals surface area contributed by atoms with Gasteiger partial charge < -0.3 is 11.1 Å². The molecular formula is C12H22N4O. The fourth-order valence-corrected chi connectivity index (χ4v) is 1.62. The van der Waals surface area contributed by atoms with Gasteiger partial charge in [-0.05, 0) is 25.5 Å². The van der Waals surface area contributed by atoms with Crippen molar-refractivity contribution in [2.24, 2.45) is 12.8 Å². The Bertz CT molecular complexity index is 335. The van der Waals surface area contributed by atoms with Crippen LogP contribution in [-0.2, 0) is 18.4 Å². The third-order valence-corrected chi connectivity index (χ3v) is 2.59. The summed E-state index contributed by atoms with van der Waals surface area (Å²) in [5.74, 6) is 0.100. The fourth-order valence-electron chi connectivity index (χ4n) is 1.62. The van der Waals surface area contributed by atoms with Crippen LogP contribution in [0.4, 0.5) is 0 Å². The first kappa shape index (κ1) is 13.7. The van der Waals surface area contributed by atoms with E-state index in [-0.39, 0.29) is 5.91 Å². The van der Waals surface area contributed by atoms with E-state index >= 15 is 0 Å². The zero-order valence-electron chi connectivity index (χ0n) is 10.5. The third-order valence-electron chi connectivity index (χ3n) is 2.59. The highest BCUT2D eigenvalue weighted by molar-refractivity contribution is 5.75. The van der Waals surface area contributed by atoms with E-state index in [1.54, 1.807) is 4.68 Å². The Balaban J connectivity index is 2.05. The van der Waals surface area contributed by atoms with E-state index in [0.717, 1.165) is 37.9 Å². The molecule has 5 nitrogen and oxygen atoms in total. The molecule has 1 amide bonds. The minimum absolute atomic E-state index is 0.100. The Labute approximate surface area is 102 Å². The van der Waals surface area contributed by atoms with E-state index in [2.05, 4.69) is 10.4 Å². The van der Waals surface area contributed by atoms with Crippen LogP contribution in [0.15, 0.2) is 12.3 Å². The molecule has 1 aromatic rings. The molecule has 1 aromatic heterocycles. The molecule has 0 aromatic carbocycles. The molecule has 1 rings (SSSR count). The second-order valence-electron chi connectivity index (χ2n) is 4.21. The molecule has 5 heteroatoms. The third kappa shape index (κ3) is 6.06. The lowest BCUT2D eigenvalue weighted by molar-refractivity contribution is -0.121. The summed E-state index contributed by atoms with van der Waals surface area (Å²) in [6.07, 6.45) is 6.65. The molecule has 17 heavy (non-hydrogen) atoms. The van der Waals surface area contributed by atoms with Gasteiger partial charge in [0.25, 0.3) is 0 Å². The maximum Gasteiger partial charge on any atom is 0.220 e. The monoisotopic (exact) mass is 238 g/mol. The number of nitrogens with zero attached hydrogens (tertiary/aromatic N) is 2. The highest BCUT2D eigenvalue weighted by atomic mass is 16.1. The van der Waals surface area contributed by atoms with Gasteiger partial charge in [-0.2, -0.15) is 5.10 Å². The first-order chi connectivity index (χ1) is 8.22. The molecule has 0 saturated heterocycles. The molecule has 0 radical (unpaired) electrons. The van der Waals surface area contributed by atoms with Gasteiger partial charge in [-0.15, -0.1) is 0 Å². The average Bonchev–Trinajstić information content (AvgIpc) is 2.72. The summed E-state index contributed by atoms with van der Waals surface area (Å²) < 4.78 is 1.73. The Morgan fingerprint density at radius 1 is 1.41 bits per heavy atom. The minimum atomic E-state index is 0.100. The first-order valence-electron chi connectivity index (χ1n) is 6.17. The van der Waals surface area contributed by atoms with Crippen LogP contribution in [0.3, 0.4) is 0 Å². The van der Waals surface area contributed by atoms with E-state index < -0.39 is 0 Å². The van der Waals surface area contributed by atoms with E-state index in [0.29, 0.717) is 13.0 Å². The van der Waals surface area contributed by atoms with Crippen LogP contribution in [-0.4, -0.2) is 22.2 Å². The number of unbranched alkanes of at least 4 members (excludes halogenated alkanes) is 3. The van der Waals surface area contributed by atoms with Crippen molar-refractivity contribution in [1.82, 2.24) is 15.1 Å². The number of hydrogen-bond donors (Lipinski definition) is 2. The number of amides is 1. The van der Waals surface area contributed by atoms with Crippen molar-refractivity contribution in [3.05, 3.63) is 18.0 Å². The lowest BCUT2D eigenvalue weighted by Gasteiger charge is -2.03. The molecule has 1 heterocycles. The van der Waals surface area contributed by atoms with Crippen molar-refractivity contribution in [1.29, 1.82) is 0 Å². The van der Waals surface area contributed by atoms with Gasteiger partial charge in [0.05, 0.1) is 12.2 Å². The van der Waals surface area contributed by atoms with Crippen LogP contribution < -0.4 is 11.1 Å². The molecule has 0 aliphatic carbocycles. The second-order valence-corrected chi connectivity index (χ2v) is 4.21. The molecule has 0 spiro atoms. The van der Waals surface area contributed by atoms with Gasteiger partial charge in [-0.1, -0.05) is 12.8 Å². The summed E-state index contributed by atoms with van der Waals surface area (Å²) in [5.41, 5.74) is 6.29. The number of carbonyl (C=O) groups excluding carboxylic acids is 1. The molecule has 96 valence electrons. The summed E-state index contributed by atoms with van der Waals surface area (Å²) in [4.78, 5) is 11.5. The molecule has 0 aliphatic heterocycles. The van der Waals surface area contributed by atoms with Crippen LogP contribution in [0.2, 0.25) is 0 Å². The molecule has 0 atom stereocenters. The molecule has 0 saturated carbocycles. The summed E-state index contributed by atoms with van der Waals surface area (Å²) >= 11 is 0. The average molecular weight is 238 g/mol. The zero-order valence-corrected chi connectivity index (χ0v) is 10.5. The molecule has 0 unspecified atom stereocenters. The van der Waals surface area contributed by atoms with Crippen molar-refractivity contribution in [3.63, 3.8) is 0 Å². The lowest BCUT2D eigenvalue weighted by atomic mass is 10.1. The van der Waals surface area contributed by atoms with E-state index in [9.17, 15) is 4.79 Å². The highest BCUT2D eigenvalue weighted by Gasteiger charge is 2.02. The van der Waals surface area contributed by atoms with Gasteiger partial charge >= 0.3 is 0 Å². The van der Waals surface area contributed by atoms with Gasteiger partial charge in [0.2, 0.25) is 5.91 Å². The Morgan fingerprint density at radius 2 is 2.18 bits per heavy atom. The summed E-state index contributed by atoms with van der Waals surface area (Å²) in [5, 5.41) is 7.06. The van der Waals surface area contributed by atoms with Crippen molar-refractivity contribution in [2.45, 2.75) is 38.6 Å². The van der Waals surface area contributed by atoms with E-state index in [1.807, 2.05) is 19.3 Å². The molecule has 0 fully saturated rings. The number of nitrogens with one attached hydrogen (secondary N) is 1. The highest BCUT2D eigenvalue weighted by Crippen LogP contribution is 2.02. The standard InChI is InChI=1S/C12H22N4O/c1-16-9-7-11(15-16)10-14-12(17)6-4-2-3-5-8-13/h7,9H,2-6,8,10,13H2,1H3,(H,14,17). The first-order valence-corrected chi connectivity index (χ1v) is 6.17. The van der Waals surface area contributed by atoms with Gasteiger partial charge in [0.1, 0.15) is 0 Å². The largest absolute Gasteiger partial charge is 0.350 e. The smallest absolute Gasteiger partial charge is 0.220 e. The summed E-state index contributed by atoms with van der Waals surface area (Å²) in [7, 11) is 1.86. The van der Waals surface area contributed by atoms with Gasteiger partial charge in [-0.3, -0.25) is 9.48 Å². The number of nitrogens with two attached hydrogens (primary N) is 1. The van der Waals surface area contributed by atoms with Gasteiger partial charge in [0.15, 0.2) is 0 Å². The minimum Gasteiger partial charge on any atom is -0.350 e.